The molecule has 82 valence electrons. The van der Waals surface area contributed by atoms with Crippen LogP contribution >= 0.6 is 0 Å². The lowest BCUT2D eigenvalue weighted by atomic mass is 10.2. The van der Waals surface area contributed by atoms with Crippen LogP contribution in [0.2, 0.25) is 0 Å². The third-order valence-corrected chi connectivity index (χ3v) is 1.52. The fourth-order valence-electron chi connectivity index (χ4n) is 0.786. The highest BCUT2D eigenvalue weighted by Crippen LogP contribution is 2.14. The number of ether oxygens (including phenoxy) is 1. The minimum Gasteiger partial charge on any atom is -0.370 e. The van der Waals surface area contributed by atoms with Gasteiger partial charge in [0, 0.05) is 12.5 Å². The summed E-state index contributed by atoms with van der Waals surface area (Å²) in [6.45, 7) is 0.499. The third kappa shape index (κ3) is 7.90. The minimum atomic E-state index is -4.26. The number of nitrogens with one attached hydrogen (secondary N) is 1. The SMILES string of the molecule is CC#CCC(COCC(F)(F)F)NC. The fraction of sp³-hybridized carbons (Fsp3) is 0.778. The maximum absolute atomic E-state index is 11.7. The fourth-order valence-corrected chi connectivity index (χ4v) is 0.786. The monoisotopic (exact) mass is 209 g/mol. The second kappa shape index (κ2) is 6.68. The lowest BCUT2D eigenvalue weighted by molar-refractivity contribution is -0.175. The number of likely N-dealkylation sites (N-methyl/N-ethyl adjacent to an activating group) is 1. The quantitative estimate of drug-likeness (QED) is 0.694. The Kier molecular flexibility index (Phi) is 6.34. The van der Waals surface area contributed by atoms with Gasteiger partial charge in [-0.15, -0.1) is 11.8 Å². The van der Waals surface area contributed by atoms with E-state index in [1.165, 1.54) is 0 Å². The average Bonchev–Trinajstić information content (AvgIpc) is 2.09. The zero-order valence-corrected chi connectivity index (χ0v) is 8.24. The molecule has 2 nitrogen and oxygen atoms in total. The molecule has 0 amide bonds. The lowest BCUT2D eigenvalue weighted by Gasteiger charge is -2.14. The number of alkyl halides is 3. The van der Waals surface area contributed by atoms with Crippen molar-refractivity contribution in [2.45, 2.75) is 25.6 Å². The van der Waals surface area contributed by atoms with Crippen molar-refractivity contribution in [3.8, 4) is 11.8 Å². The molecule has 0 aromatic rings. The summed E-state index contributed by atoms with van der Waals surface area (Å²) in [5.41, 5.74) is 0. The van der Waals surface area contributed by atoms with Gasteiger partial charge in [-0.1, -0.05) is 0 Å². The van der Waals surface area contributed by atoms with Crippen LogP contribution in [0.4, 0.5) is 13.2 Å². The van der Waals surface area contributed by atoms with Gasteiger partial charge < -0.3 is 10.1 Å². The summed E-state index contributed by atoms with van der Waals surface area (Å²) in [6.07, 6.45) is -3.76. The molecule has 1 unspecified atom stereocenters. The zero-order valence-electron chi connectivity index (χ0n) is 8.24. The van der Waals surface area contributed by atoms with Crippen LogP contribution in [0, 0.1) is 11.8 Å². The Morgan fingerprint density at radius 3 is 2.50 bits per heavy atom. The summed E-state index contributed by atoms with van der Waals surface area (Å²) in [4.78, 5) is 0. The van der Waals surface area contributed by atoms with E-state index in [-0.39, 0.29) is 12.6 Å². The normalized spacial score (nSPS) is 13.2. The molecule has 0 saturated heterocycles. The predicted octanol–water partition coefficient (Wildman–Crippen LogP) is 1.57. The molecular formula is C9H14F3NO. The van der Waals surface area contributed by atoms with E-state index in [0.29, 0.717) is 6.42 Å². The predicted molar refractivity (Wildman–Crippen MR) is 47.8 cm³/mol. The summed E-state index contributed by atoms with van der Waals surface area (Å²) in [5.74, 6) is 5.44. The second-order valence-corrected chi connectivity index (χ2v) is 2.75. The van der Waals surface area contributed by atoms with E-state index in [0.717, 1.165) is 0 Å². The largest absolute Gasteiger partial charge is 0.411 e. The van der Waals surface area contributed by atoms with Crippen LogP contribution in [0.5, 0.6) is 0 Å². The highest BCUT2D eigenvalue weighted by atomic mass is 19.4. The van der Waals surface area contributed by atoms with Gasteiger partial charge in [-0.05, 0) is 14.0 Å². The lowest BCUT2D eigenvalue weighted by Crippen LogP contribution is -2.31. The Bertz CT molecular complexity index is 204. The van der Waals surface area contributed by atoms with Gasteiger partial charge in [0.1, 0.15) is 6.61 Å². The zero-order chi connectivity index (χ0) is 11.0. The van der Waals surface area contributed by atoms with Crippen LogP contribution in [-0.4, -0.2) is 32.5 Å². The van der Waals surface area contributed by atoms with Crippen molar-refractivity contribution < 1.29 is 17.9 Å². The molecule has 0 aliphatic rings. The van der Waals surface area contributed by atoms with Crippen LogP contribution in [0.1, 0.15) is 13.3 Å². The van der Waals surface area contributed by atoms with E-state index in [2.05, 4.69) is 21.9 Å². The highest BCUT2D eigenvalue weighted by molar-refractivity contribution is 4.97. The molecule has 0 aliphatic heterocycles. The Labute approximate surface area is 81.8 Å². The van der Waals surface area contributed by atoms with Crippen molar-refractivity contribution >= 4 is 0 Å². The van der Waals surface area contributed by atoms with Crippen LogP contribution < -0.4 is 5.32 Å². The van der Waals surface area contributed by atoms with Gasteiger partial charge in [0.2, 0.25) is 0 Å². The van der Waals surface area contributed by atoms with Gasteiger partial charge in [0.15, 0.2) is 0 Å². The summed E-state index contributed by atoms with van der Waals surface area (Å²) < 4.78 is 39.6. The van der Waals surface area contributed by atoms with E-state index >= 15 is 0 Å². The molecule has 14 heavy (non-hydrogen) atoms. The third-order valence-electron chi connectivity index (χ3n) is 1.52. The molecule has 0 bridgehead atoms. The summed E-state index contributed by atoms with van der Waals surface area (Å²) in [6, 6.07) is -0.148. The number of halogens is 3. The van der Waals surface area contributed by atoms with Gasteiger partial charge >= 0.3 is 6.18 Å². The molecule has 0 heterocycles. The smallest absolute Gasteiger partial charge is 0.370 e. The number of hydrogen-bond donors (Lipinski definition) is 1. The maximum Gasteiger partial charge on any atom is 0.411 e. The van der Waals surface area contributed by atoms with E-state index < -0.39 is 12.8 Å². The molecule has 0 spiro atoms. The first kappa shape index (κ1) is 13.3. The second-order valence-electron chi connectivity index (χ2n) is 2.75. The van der Waals surface area contributed by atoms with Crippen molar-refractivity contribution in [2.24, 2.45) is 0 Å². The summed E-state index contributed by atoms with van der Waals surface area (Å²) in [7, 11) is 1.67. The molecule has 0 aromatic heterocycles. The molecule has 5 heteroatoms. The first-order valence-corrected chi connectivity index (χ1v) is 4.21. The molecule has 0 fully saturated rings. The van der Waals surface area contributed by atoms with Crippen molar-refractivity contribution in [1.82, 2.24) is 5.32 Å². The first-order chi connectivity index (χ1) is 6.49. The highest BCUT2D eigenvalue weighted by Gasteiger charge is 2.27. The van der Waals surface area contributed by atoms with Crippen LogP contribution in [0.25, 0.3) is 0 Å². The van der Waals surface area contributed by atoms with Gasteiger partial charge in [-0.2, -0.15) is 13.2 Å². The topological polar surface area (TPSA) is 21.3 Å². The number of rotatable bonds is 5. The number of hydrogen-bond acceptors (Lipinski definition) is 2. The van der Waals surface area contributed by atoms with Crippen molar-refractivity contribution in [2.75, 3.05) is 20.3 Å². The molecular weight excluding hydrogens is 195 g/mol. The Morgan fingerprint density at radius 2 is 2.07 bits per heavy atom. The molecule has 0 aromatic carbocycles. The molecule has 1 N–H and O–H groups in total. The van der Waals surface area contributed by atoms with Crippen molar-refractivity contribution in [1.29, 1.82) is 0 Å². The van der Waals surface area contributed by atoms with Crippen LogP contribution in [0.3, 0.4) is 0 Å². The molecule has 0 rings (SSSR count). The summed E-state index contributed by atoms with van der Waals surface area (Å²) in [5, 5.41) is 2.83. The van der Waals surface area contributed by atoms with Crippen LogP contribution in [-0.2, 0) is 4.74 Å². The van der Waals surface area contributed by atoms with E-state index in [4.69, 9.17) is 0 Å². The van der Waals surface area contributed by atoms with Gasteiger partial charge in [0.25, 0.3) is 0 Å². The van der Waals surface area contributed by atoms with E-state index in [9.17, 15) is 13.2 Å². The maximum atomic E-state index is 11.7. The Hall–Kier alpha value is -0.730. The van der Waals surface area contributed by atoms with Crippen molar-refractivity contribution in [3.63, 3.8) is 0 Å². The summed E-state index contributed by atoms with van der Waals surface area (Å²) >= 11 is 0. The van der Waals surface area contributed by atoms with Crippen molar-refractivity contribution in [3.05, 3.63) is 0 Å². The Morgan fingerprint density at radius 1 is 1.43 bits per heavy atom. The molecule has 0 saturated carbocycles. The van der Waals surface area contributed by atoms with Gasteiger partial charge in [-0.3, -0.25) is 0 Å². The molecule has 1 atom stereocenters. The molecule has 0 radical (unpaired) electrons. The molecule has 0 aliphatic carbocycles. The van der Waals surface area contributed by atoms with E-state index in [1.54, 1.807) is 14.0 Å². The minimum absolute atomic E-state index is 0.0185. The average molecular weight is 209 g/mol. The van der Waals surface area contributed by atoms with Gasteiger partial charge in [-0.25, -0.2) is 0 Å². The van der Waals surface area contributed by atoms with E-state index in [1.807, 2.05) is 0 Å². The van der Waals surface area contributed by atoms with Gasteiger partial charge in [0.05, 0.1) is 6.61 Å². The first-order valence-electron chi connectivity index (χ1n) is 4.21. The standard InChI is InChI=1S/C9H14F3NO/c1-3-4-5-8(13-2)6-14-7-9(10,11)12/h8,13H,5-7H2,1-2H3. The van der Waals surface area contributed by atoms with Crippen LogP contribution in [0.15, 0.2) is 0 Å². The Balaban J connectivity index is 3.66.